The lowest BCUT2D eigenvalue weighted by atomic mass is 10.1. The number of hydrogen-bond acceptors (Lipinski definition) is 8. The van der Waals surface area contributed by atoms with Crippen molar-refractivity contribution in [2.24, 2.45) is 0 Å². The Hall–Kier alpha value is -6.16. The highest BCUT2D eigenvalue weighted by Crippen LogP contribution is 2.19. The van der Waals surface area contributed by atoms with Gasteiger partial charge < -0.3 is 10.6 Å². The minimum absolute atomic E-state index is 0.606. The van der Waals surface area contributed by atoms with Crippen molar-refractivity contribution in [3.63, 3.8) is 0 Å². The molecular weight excluding hydrogens is 572 g/mol. The topological polar surface area (TPSA) is 111 Å². The molecule has 0 atom stereocenters. The summed E-state index contributed by atoms with van der Waals surface area (Å²) in [5, 5.41) is 6.81. The molecule has 7 rings (SSSR count). The van der Waals surface area contributed by atoms with E-state index in [4.69, 9.17) is 4.98 Å². The number of nitrogens with one attached hydrogen (secondary N) is 2. The van der Waals surface area contributed by atoms with Crippen LogP contribution in [-0.2, 0) is 19.5 Å². The molecule has 0 aliphatic carbocycles. The van der Waals surface area contributed by atoms with E-state index < -0.39 is 0 Å². The predicted molar refractivity (Wildman–Crippen MR) is 180 cm³/mol. The second-order valence-electron chi connectivity index (χ2n) is 10.5. The molecule has 0 amide bonds. The van der Waals surface area contributed by atoms with Crippen molar-refractivity contribution in [3.05, 3.63) is 169 Å². The Bertz CT molecular complexity index is 1910. The van der Waals surface area contributed by atoms with Crippen LogP contribution in [0.15, 0.2) is 141 Å². The standard InChI is InChI=1S/C21H19N5.C15H15N5/c1-3-7-17(8-4-1)13-19-15-24-21(26-12-11-22-16-26)25-20(19)23-14-18-9-5-2-6-10-18;1-12-9-18-15(20-8-7-16-11-20)19-14(12)17-10-13-5-3-2-4-6-13/h1-12,15-16H,13-14H2,(H,23,24,25);2-9,11H,10H2,1H3,(H,17,18,19). The minimum Gasteiger partial charge on any atom is -0.366 e. The molecule has 0 fully saturated rings. The summed E-state index contributed by atoms with van der Waals surface area (Å²) >= 11 is 0. The van der Waals surface area contributed by atoms with Crippen molar-refractivity contribution in [2.75, 3.05) is 10.6 Å². The van der Waals surface area contributed by atoms with Gasteiger partial charge in [0.1, 0.15) is 24.3 Å². The molecule has 0 bridgehead atoms. The van der Waals surface area contributed by atoms with Crippen LogP contribution in [0.5, 0.6) is 0 Å². The van der Waals surface area contributed by atoms with Crippen molar-refractivity contribution >= 4 is 11.6 Å². The fourth-order valence-corrected chi connectivity index (χ4v) is 4.67. The Morgan fingerprint density at radius 3 is 1.57 bits per heavy atom. The second-order valence-corrected chi connectivity index (χ2v) is 10.5. The maximum Gasteiger partial charge on any atom is 0.236 e. The van der Waals surface area contributed by atoms with Crippen LogP contribution in [0.3, 0.4) is 0 Å². The minimum atomic E-state index is 0.606. The highest BCUT2D eigenvalue weighted by atomic mass is 15.2. The van der Waals surface area contributed by atoms with Crippen LogP contribution in [0.25, 0.3) is 11.9 Å². The van der Waals surface area contributed by atoms with E-state index in [0.717, 1.165) is 35.7 Å². The monoisotopic (exact) mass is 606 g/mol. The van der Waals surface area contributed by atoms with Crippen molar-refractivity contribution in [1.82, 2.24) is 39.0 Å². The zero-order chi connectivity index (χ0) is 31.4. The van der Waals surface area contributed by atoms with Crippen LogP contribution in [0.2, 0.25) is 0 Å². The zero-order valence-electron chi connectivity index (χ0n) is 25.5. The van der Waals surface area contributed by atoms with Gasteiger partial charge in [0, 0.05) is 67.8 Å². The molecule has 0 spiro atoms. The van der Waals surface area contributed by atoms with Gasteiger partial charge in [0.05, 0.1) is 0 Å². The molecule has 2 N–H and O–H groups in total. The van der Waals surface area contributed by atoms with Crippen LogP contribution < -0.4 is 10.6 Å². The van der Waals surface area contributed by atoms with E-state index in [1.807, 2.05) is 86.3 Å². The second kappa shape index (κ2) is 15.0. The maximum atomic E-state index is 4.73. The number of aromatic nitrogens is 8. The molecule has 0 saturated heterocycles. The molecule has 10 heteroatoms. The van der Waals surface area contributed by atoms with Crippen LogP contribution >= 0.6 is 0 Å². The van der Waals surface area contributed by atoms with Gasteiger partial charge in [-0.1, -0.05) is 91.0 Å². The molecule has 7 aromatic rings. The molecule has 228 valence electrons. The van der Waals surface area contributed by atoms with Gasteiger partial charge in [-0.15, -0.1) is 0 Å². The van der Waals surface area contributed by atoms with Gasteiger partial charge in [-0.2, -0.15) is 9.97 Å². The molecule has 0 aliphatic rings. The largest absolute Gasteiger partial charge is 0.366 e. The first-order valence-corrected chi connectivity index (χ1v) is 15.0. The molecule has 10 nitrogen and oxygen atoms in total. The summed E-state index contributed by atoms with van der Waals surface area (Å²) < 4.78 is 3.59. The average molecular weight is 607 g/mol. The lowest BCUT2D eigenvalue weighted by molar-refractivity contribution is 0.906. The van der Waals surface area contributed by atoms with E-state index in [2.05, 4.69) is 72.0 Å². The van der Waals surface area contributed by atoms with E-state index in [-0.39, 0.29) is 0 Å². The van der Waals surface area contributed by atoms with Crippen LogP contribution in [-0.4, -0.2) is 39.0 Å². The summed E-state index contributed by atoms with van der Waals surface area (Å²) in [7, 11) is 0. The Morgan fingerprint density at radius 2 is 1.04 bits per heavy atom. The fourth-order valence-electron chi connectivity index (χ4n) is 4.67. The summed E-state index contributed by atoms with van der Waals surface area (Å²) in [5.74, 6) is 2.91. The van der Waals surface area contributed by atoms with Crippen molar-refractivity contribution in [2.45, 2.75) is 26.4 Å². The third-order valence-electron chi connectivity index (χ3n) is 7.12. The molecular formula is C36H34N10. The number of rotatable bonds is 10. The molecule has 3 aromatic carbocycles. The Balaban J connectivity index is 0.000000167. The molecule has 4 heterocycles. The number of benzene rings is 3. The van der Waals surface area contributed by atoms with Crippen LogP contribution in [0.1, 0.15) is 27.8 Å². The van der Waals surface area contributed by atoms with E-state index in [0.29, 0.717) is 18.4 Å². The molecule has 0 aliphatic heterocycles. The van der Waals surface area contributed by atoms with Crippen LogP contribution in [0, 0.1) is 6.92 Å². The van der Waals surface area contributed by atoms with Crippen molar-refractivity contribution in [1.29, 1.82) is 0 Å². The third kappa shape index (κ3) is 8.06. The average Bonchev–Trinajstić information content (AvgIpc) is 3.85. The first kappa shape index (κ1) is 29.9. The molecule has 46 heavy (non-hydrogen) atoms. The molecule has 4 aromatic heterocycles. The summed E-state index contributed by atoms with van der Waals surface area (Å²) in [5.41, 5.74) is 5.74. The Kier molecular flexibility index (Phi) is 9.76. The Morgan fingerprint density at radius 1 is 0.565 bits per heavy atom. The molecule has 0 saturated carbocycles. The van der Waals surface area contributed by atoms with E-state index >= 15 is 0 Å². The van der Waals surface area contributed by atoms with Gasteiger partial charge in [0.15, 0.2) is 0 Å². The number of hydrogen-bond donors (Lipinski definition) is 2. The normalized spacial score (nSPS) is 10.5. The highest BCUT2D eigenvalue weighted by molar-refractivity contribution is 5.48. The summed E-state index contributed by atoms with van der Waals surface area (Å²) in [6.07, 6.45) is 15.0. The lowest BCUT2D eigenvalue weighted by Gasteiger charge is -2.13. The van der Waals surface area contributed by atoms with Gasteiger partial charge in [-0.3, -0.25) is 9.13 Å². The maximum absolute atomic E-state index is 4.73. The number of anilines is 2. The predicted octanol–water partition coefficient (Wildman–Crippen LogP) is 6.45. The van der Waals surface area contributed by atoms with Gasteiger partial charge in [0.2, 0.25) is 11.9 Å². The van der Waals surface area contributed by atoms with Gasteiger partial charge >= 0.3 is 0 Å². The first-order valence-electron chi connectivity index (χ1n) is 15.0. The summed E-state index contributed by atoms with van der Waals surface area (Å²) in [6, 6.07) is 30.9. The number of aryl methyl sites for hydroxylation is 1. The lowest BCUT2D eigenvalue weighted by Crippen LogP contribution is -2.09. The molecule has 0 radical (unpaired) electrons. The first-order chi connectivity index (χ1) is 22.7. The zero-order valence-corrected chi connectivity index (χ0v) is 25.5. The van der Waals surface area contributed by atoms with Gasteiger partial charge in [-0.25, -0.2) is 19.9 Å². The van der Waals surface area contributed by atoms with E-state index in [1.54, 1.807) is 34.2 Å². The van der Waals surface area contributed by atoms with Crippen molar-refractivity contribution in [3.8, 4) is 11.9 Å². The Labute approximate surface area is 267 Å². The fraction of sp³-hybridized carbons (Fsp3) is 0.111. The third-order valence-corrected chi connectivity index (χ3v) is 7.12. The molecule has 0 unspecified atom stereocenters. The van der Waals surface area contributed by atoms with E-state index in [1.165, 1.54) is 16.7 Å². The van der Waals surface area contributed by atoms with Crippen molar-refractivity contribution < 1.29 is 0 Å². The number of imidazole rings is 2. The smallest absolute Gasteiger partial charge is 0.236 e. The summed E-state index contributed by atoms with van der Waals surface area (Å²) in [6.45, 7) is 3.44. The van der Waals surface area contributed by atoms with E-state index in [9.17, 15) is 0 Å². The quantitative estimate of drug-likeness (QED) is 0.183. The highest BCUT2D eigenvalue weighted by Gasteiger charge is 2.10. The SMILES string of the molecule is Cc1cnc(-n2ccnc2)nc1NCc1ccccc1.c1ccc(CNc2nc(-n3ccnc3)ncc2Cc2ccccc2)cc1. The number of nitrogens with zero attached hydrogens (tertiary/aromatic N) is 8. The van der Waals surface area contributed by atoms with Gasteiger partial charge in [-0.05, 0) is 23.6 Å². The summed E-state index contributed by atoms with van der Waals surface area (Å²) in [4.78, 5) is 26.2. The van der Waals surface area contributed by atoms with Crippen LogP contribution in [0.4, 0.5) is 11.6 Å². The van der Waals surface area contributed by atoms with Gasteiger partial charge in [0.25, 0.3) is 0 Å².